The van der Waals surface area contributed by atoms with Crippen LogP contribution in [-0.2, 0) is 14.3 Å². The highest BCUT2D eigenvalue weighted by Gasteiger charge is 2.58. The van der Waals surface area contributed by atoms with Crippen LogP contribution in [0.3, 0.4) is 0 Å². The molecule has 120 valence electrons. The number of unbranched alkanes of at least 4 members (excludes halogenated alkanes) is 2. The standard InChI is InChI=1S/C14H25N3O4/c1-5-7-9-16-12(19)14(21-4,15-11(3)18)17(13(16)20)10-8-6-2/h5-10H2,1-4H3,(H,15,18). The molecule has 1 unspecified atom stereocenters. The number of methoxy groups -OCH3 is 1. The van der Waals surface area contributed by atoms with Gasteiger partial charge in [0.25, 0.3) is 0 Å². The van der Waals surface area contributed by atoms with Crippen molar-refractivity contribution in [3.63, 3.8) is 0 Å². The third-order valence-corrected chi connectivity index (χ3v) is 3.49. The van der Waals surface area contributed by atoms with Crippen molar-refractivity contribution in [3.8, 4) is 0 Å². The fourth-order valence-corrected chi connectivity index (χ4v) is 2.36. The molecule has 1 heterocycles. The molecule has 1 aliphatic rings. The Hall–Kier alpha value is -1.63. The summed E-state index contributed by atoms with van der Waals surface area (Å²) in [6.45, 7) is 5.96. The lowest BCUT2D eigenvalue weighted by molar-refractivity contribution is -0.171. The van der Waals surface area contributed by atoms with E-state index in [1.165, 1.54) is 23.8 Å². The topological polar surface area (TPSA) is 79.0 Å². The minimum Gasteiger partial charge on any atom is -0.334 e. The maximum atomic E-state index is 12.6. The van der Waals surface area contributed by atoms with Crippen LogP contribution < -0.4 is 5.32 Å². The fourth-order valence-electron chi connectivity index (χ4n) is 2.36. The first-order chi connectivity index (χ1) is 9.94. The Kier molecular flexibility index (Phi) is 6.14. The lowest BCUT2D eigenvalue weighted by atomic mass is 10.2. The molecule has 0 bridgehead atoms. The molecule has 0 radical (unpaired) electrons. The van der Waals surface area contributed by atoms with Crippen molar-refractivity contribution in [3.05, 3.63) is 0 Å². The van der Waals surface area contributed by atoms with E-state index in [9.17, 15) is 14.4 Å². The van der Waals surface area contributed by atoms with Gasteiger partial charge in [-0.15, -0.1) is 0 Å². The predicted molar refractivity (Wildman–Crippen MR) is 77.2 cm³/mol. The van der Waals surface area contributed by atoms with E-state index >= 15 is 0 Å². The van der Waals surface area contributed by atoms with Crippen LogP contribution in [0.1, 0.15) is 46.5 Å². The molecule has 21 heavy (non-hydrogen) atoms. The summed E-state index contributed by atoms with van der Waals surface area (Å²) < 4.78 is 5.29. The van der Waals surface area contributed by atoms with Gasteiger partial charge in [-0.2, -0.15) is 0 Å². The molecule has 7 nitrogen and oxygen atoms in total. The fraction of sp³-hybridized carbons (Fsp3) is 0.786. The van der Waals surface area contributed by atoms with Crippen LogP contribution in [0, 0.1) is 0 Å². The quantitative estimate of drug-likeness (QED) is 0.541. The second-order valence-corrected chi connectivity index (χ2v) is 5.13. The average molecular weight is 299 g/mol. The van der Waals surface area contributed by atoms with Crippen molar-refractivity contribution in [1.82, 2.24) is 15.1 Å². The molecule has 0 aliphatic carbocycles. The molecular formula is C14H25N3O4. The molecule has 1 rings (SSSR count). The zero-order chi connectivity index (χ0) is 16.0. The van der Waals surface area contributed by atoms with Crippen molar-refractivity contribution in [2.24, 2.45) is 0 Å². The summed E-state index contributed by atoms with van der Waals surface area (Å²) >= 11 is 0. The van der Waals surface area contributed by atoms with Gasteiger partial charge in [0, 0.05) is 27.1 Å². The number of rotatable bonds is 8. The third-order valence-electron chi connectivity index (χ3n) is 3.49. The van der Waals surface area contributed by atoms with Crippen LogP contribution in [0.2, 0.25) is 0 Å². The van der Waals surface area contributed by atoms with Gasteiger partial charge in [0.2, 0.25) is 5.91 Å². The molecule has 0 aromatic rings. The maximum Gasteiger partial charge on any atom is 0.331 e. The number of carbonyl (C=O) groups is 3. The van der Waals surface area contributed by atoms with Crippen molar-refractivity contribution >= 4 is 17.8 Å². The minimum absolute atomic E-state index is 0.335. The summed E-state index contributed by atoms with van der Waals surface area (Å²) in [6, 6.07) is -0.405. The van der Waals surface area contributed by atoms with Crippen molar-refractivity contribution in [2.45, 2.75) is 52.3 Å². The first-order valence-electron chi connectivity index (χ1n) is 7.42. The highest BCUT2D eigenvalue weighted by atomic mass is 16.5. The second-order valence-electron chi connectivity index (χ2n) is 5.13. The number of nitrogens with zero attached hydrogens (tertiary/aromatic N) is 2. The van der Waals surface area contributed by atoms with Gasteiger partial charge < -0.3 is 10.1 Å². The SMILES string of the molecule is CCCCN1C(=O)N(CCCC)C(NC(C)=O)(OC)C1=O. The summed E-state index contributed by atoms with van der Waals surface area (Å²) in [7, 11) is 1.32. The summed E-state index contributed by atoms with van der Waals surface area (Å²) in [5.41, 5.74) is 0. The maximum absolute atomic E-state index is 12.6. The van der Waals surface area contributed by atoms with E-state index < -0.39 is 23.7 Å². The van der Waals surface area contributed by atoms with Crippen molar-refractivity contribution in [1.29, 1.82) is 0 Å². The summed E-state index contributed by atoms with van der Waals surface area (Å²) in [5.74, 6) is -2.64. The number of urea groups is 1. The van der Waals surface area contributed by atoms with E-state index in [-0.39, 0.29) is 0 Å². The van der Waals surface area contributed by atoms with Gasteiger partial charge in [0.15, 0.2) is 0 Å². The van der Waals surface area contributed by atoms with E-state index in [4.69, 9.17) is 4.74 Å². The van der Waals surface area contributed by atoms with Crippen LogP contribution in [-0.4, -0.2) is 53.7 Å². The molecule has 0 saturated carbocycles. The molecule has 1 aliphatic heterocycles. The molecule has 0 spiro atoms. The number of carbonyl (C=O) groups excluding carboxylic acids is 3. The second kappa shape index (κ2) is 7.40. The predicted octanol–water partition coefficient (Wildman–Crippen LogP) is 1.29. The molecule has 1 atom stereocenters. The molecule has 0 aromatic carbocycles. The van der Waals surface area contributed by atoms with Gasteiger partial charge in [0.05, 0.1) is 0 Å². The van der Waals surface area contributed by atoms with Crippen LogP contribution in [0.4, 0.5) is 4.79 Å². The molecular weight excluding hydrogens is 274 g/mol. The zero-order valence-corrected chi connectivity index (χ0v) is 13.3. The van der Waals surface area contributed by atoms with Gasteiger partial charge in [-0.3, -0.25) is 19.4 Å². The van der Waals surface area contributed by atoms with Gasteiger partial charge >= 0.3 is 17.8 Å². The lowest BCUT2D eigenvalue weighted by Gasteiger charge is -2.33. The first-order valence-corrected chi connectivity index (χ1v) is 7.42. The van der Waals surface area contributed by atoms with Crippen LogP contribution >= 0.6 is 0 Å². The van der Waals surface area contributed by atoms with Gasteiger partial charge in [0.1, 0.15) is 0 Å². The van der Waals surface area contributed by atoms with Crippen LogP contribution in [0.15, 0.2) is 0 Å². The monoisotopic (exact) mass is 299 g/mol. The number of hydrogen-bond acceptors (Lipinski definition) is 4. The van der Waals surface area contributed by atoms with E-state index in [1.54, 1.807) is 0 Å². The smallest absolute Gasteiger partial charge is 0.331 e. The van der Waals surface area contributed by atoms with Crippen LogP contribution in [0.5, 0.6) is 0 Å². The van der Waals surface area contributed by atoms with Crippen LogP contribution in [0.25, 0.3) is 0 Å². The van der Waals surface area contributed by atoms with E-state index in [0.717, 1.165) is 25.7 Å². The molecule has 1 N–H and O–H groups in total. The largest absolute Gasteiger partial charge is 0.334 e. The number of hydrogen-bond donors (Lipinski definition) is 1. The lowest BCUT2D eigenvalue weighted by Crippen LogP contribution is -2.63. The Morgan fingerprint density at radius 2 is 1.76 bits per heavy atom. The van der Waals surface area contributed by atoms with Gasteiger partial charge in [-0.05, 0) is 12.8 Å². The molecule has 1 saturated heterocycles. The van der Waals surface area contributed by atoms with Crippen molar-refractivity contribution in [2.75, 3.05) is 20.2 Å². The summed E-state index contributed by atoms with van der Waals surface area (Å²) in [4.78, 5) is 39.0. The number of ether oxygens (including phenoxy) is 1. The number of imide groups is 1. The number of amides is 4. The molecule has 4 amide bonds. The minimum atomic E-state index is -1.70. The molecule has 7 heteroatoms. The normalized spacial score (nSPS) is 22.1. The Labute approximate surface area is 125 Å². The average Bonchev–Trinajstić information content (AvgIpc) is 2.63. The molecule has 1 fully saturated rings. The Morgan fingerprint density at radius 3 is 2.24 bits per heavy atom. The number of nitrogens with one attached hydrogen (secondary N) is 1. The summed E-state index contributed by atoms with van der Waals surface area (Å²) in [5, 5.41) is 2.50. The highest BCUT2D eigenvalue weighted by molar-refractivity contribution is 6.07. The molecule has 0 aromatic heterocycles. The Bertz CT molecular complexity index is 413. The van der Waals surface area contributed by atoms with Gasteiger partial charge in [-0.1, -0.05) is 26.7 Å². The first kappa shape index (κ1) is 17.4. The zero-order valence-electron chi connectivity index (χ0n) is 13.3. The van der Waals surface area contributed by atoms with E-state index in [0.29, 0.717) is 13.1 Å². The van der Waals surface area contributed by atoms with E-state index in [2.05, 4.69) is 5.32 Å². The summed E-state index contributed by atoms with van der Waals surface area (Å²) in [6.07, 6.45) is 3.18. The van der Waals surface area contributed by atoms with E-state index in [1.807, 2.05) is 13.8 Å². The third kappa shape index (κ3) is 3.34. The Morgan fingerprint density at radius 1 is 1.19 bits per heavy atom. The highest BCUT2D eigenvalue weighted by Crippen LogP contribution is 2.27. The van der Waals surface area contributed by atoms with Crippen molar-refractivity contribution < 1.29 is 19.1 Å². The Balaban J connectivity index is 3.11. The van der Waals surface area contributed by atoms with Gasteiger partial charge in [-0.25, -0.2) is 4.79 Å².